The zero-order valence-corrected chi connectivity index (χ0v) is 12.3. The largest absolute Gasteiger partial charge is 0.346 e. The summed E-state index contributed by atoms with van der Waals surface area (Å²) >= 11 is 0. The van der Waals surface area contributed by atoms with E-state index in [-0.39, 0.29) is 16.7 Å². The minimum atomic E-state index is -1.06. The summed E-state index contributed by atoms with van der Waals surface area (Å²) < 4.78 is 0. The van der Waals surface area contributed by atoms with Gasteiger partial charge in [-0.3, -0.25) is 45.3 Å². The van der Waals surface area contributed by atoms with Gasteiger partial charge in [-0.15, -0.1) is 0 Å². The molecule has 26 heavy (non-hydrogen) atoms. The van der Waals surface area contributed by atoms with Crippen LogP contribution < -0.4 is 0 Å². The fourth-order valence-corrected chi connectivity index (χ4v) is 2.73. The molecular formula is C13H4N4O9. The van der Waals surface area contributed by atoms with Crippen LogP contribution in [0.3, 0.4) is 0 Å². The van der Waals surface area contributed by atoms with E-state index in [9.17, 15) is 45.3 Å². The molecule has 0 N–H and O–H groups in total. The van der Waals surface area contributed by atoms with Crippen molar-refractivity contribution < 1.29 is 24.5 Å². The number of benzene rings is 2. The molecule has 0 saturated carbocycles. The van der Waals surface area contributed by atoms with Gasteiger partial charge in [-0.1, -0.05) is 0 Å². The number of nitrogens with zero attached hydrogens (tertiary/aromatic N) is 4. The second-order valence-electron chi connectivity index (χ2n) is 5.13. The lowest BCUT2D eigenvalue weighted by Gasteiger charge is -2.02. The zero-order valence-electron chi connectivity index (χ0n) is 12.3. The van der Waals surface area contributed by atoms with E-state index in [1.807, 2.05) is 0 Å². The van der Waals surface area contributed by atoms with Crippen LogP contribution in [0, 0.1) is 40.5 Å². The standard InChI is InChI=1S/C13H4N4O9/c18-13-7-4-10(16(23)24)9(15(21)22)3-6(7)12-8(13)1-5(14(19)20)2-11(12)17(25)26/h1-4H. The Hall–Kier alpha value is -4.29. The van der Waals surface area contributed by atoms with Crippen molar-refractivity contribution in [1.82, 2.24) is 0 Å². The summed E-state index contributed by atoms with van der Waals surface area (Å²) in [6.45, 7) is 0. The molecular weight excluding hydrogens is 356 g/mol. The van der Waals surface area contributed by atoms with Gasteiger partial charge in [0, 0.05) is 34.9 Å². The van der Waals surface area contributed by atoms with Crippen LogP contribution in [-0.2, 0) is 0 Å². The molecule has 2 aromatic rings. The fourth-order valence-electron chi connectivity index (χ4n) is 2.73. The molecule has 0 bridgehead atoms. The molecule has 13 nitrogen and oxygen atoms in total. The SMILES string of the molecule is O=C1c2cc([N+](=O)[O-])c([N+](=O)[O-])cc2-c2c1cc([N+](=O)[O-])cc2[N+](=O)[O-]. The molecule has 0 atom stereocenters. The van der Waals surface area contributed by atoms with Crippen LogP contribution in [0.2, 0.25) is 0 Å². The topological polar surface area (TPSA) is 190 Å². The first-order chi connectivity index (χ1) is 12.1. The van der Waals surface area contributed by atoms with Crippen LogP contribution in [0.1, 0.15) is 15.9 Å². The summed E-state index contributed by atoms with van der Waals surface area (Å²) in [6, 6.07) is 2.75. The first-order valence-electron chi connectivity index (χ1n) is 6.62. The van der Waals surface area contributed by atoms with Crippen molar-refractivity contribution in [2.24, 2.45) is 0 Å². The summed E-state index contributed by atoms with van der Waals surface area (Å²) in [7, 11) is 0. The average molecular weight is 360 g/mol. The van der Waals surface area contributed by atoms with E-state index in [1.54, 1.807) is 0 Å². The molecule has 0 amide bonds. The maximum Gasteiger partial charge on any atom is 0.346 e. The van der Waals surface area contributed by atoms with Gasteiger partial charge in [-0.05, 0) is 0 Å². The van der Waals surface area contributed by atoms with Crippen LogP contribution in [0.4, 0.5) is 22.7 Å². The number of ketones is 1. The molecule has 0 heterocycles. The Balaban J connectivity index is 2.43. The average Bonchev–Trinajstić information content (AvgIpc) is 2.85. The van der Waals surface area contributed by atoms with Gasteiger partial charge in [-0.25, -0.2) is 0 Å². The number of carbonyl (C=O) groups is 1. The van der Waals surface area contributed by atoms with E-state index in [1.165, 1.54) is 0 Å². The van der Waals surface area contributed by atoms with E-state index in [0.29, 0.717) is 18.2 Å². The van der Waals surface area contributed by atoms with Gasteiger partial charge in [0.05, 0.1) is 31.3 Å². The second-order valence-corrected chi connectivity index (χ2v) is 5.13. The maximum absolute atomic E-state index is 12.5. The summed E-state index contributed by atoms with van der Waals surface area (Å²) in [5.41, 5.74) is -4.85. The summed E-state index contributed by atoms with van der Waals surface area (Å²) in [6.07, 6.45) is 0. The summed E-state index contributed by atoms with van der Waals surface area (Å²) in [5, 5.41) is 44.3. The number of non-ortho nitro benzene ring substituents is 1. The Kier molecular flexibility index (Phi) is 3.42. The monoisotopic (exact) mass is 360 g/mol. The van der Waals surface area contributed by atoms with Crippen molar-refractivity contribution in [2.45, 2.75) is 0 Å². The molecule has 13 heteroatoms. The quantitative estimate of drug-likeness (QED) is 0.496. The van der Waals surface area contributed by atoms with Crippen molar-refractivity contribution in [3.8, 4) is 11.1 Å². The highest BCUT2D eigenvalue weighted by Gasteiger charge is 2.40. The highest BCUT2D eigenvalue weighted by atomic mass is 16.6. The van der Waals surface area contributed by atoms with Gasteiger partial charge in [-0.2, -0.15) is 0 Å². The van der Waals surface area contributed by atoms with Crippen molar-refractivity contribution in [1.29, 1.82) is 0 Å². The van der Waals surface area contributed by atoms with Crippen molar-refractivity contribution in [3.63, 3.8) is 0 Å². The van der Waals surface area contributed by atoms with E-state index in [0.717, 1.165) is 6.07 Å². The van der Waals surface area contributed by atoms with Crippen LogP contribution in [0.5, 0.6) is 0 Å². The Morgan fingerprint density at radius 1 is 0.577 bits per heavy atom. The Morgan fingerprint density at radius 3 is 1.54 bits per heavy atom. The molecule has 0 spiro atoms. The van der Waals surface area contributed by atoms with E-state index >= 15 is 0 Å². The highest BCUT2D eigenvalue weighted by Crippen LogP contribution is 2.47. The van der Waals surface area contributed by atoms with Crippen LogP contribution in [0.15, 0.2) is 24.3 Å². The highest BCUT2D eigenvalue weighted by molar-refractivity contribution is 6.24. The van der Waals surface area contributed by atoms with Crippen LogP contribution >= 0.6 is 0 Å². The molecule has 1 aliphatic rings. The smallest absolute Gasteiger partial charge is 0.289 e. The predicted molar refractivity (Wildman–Crippen MR) is 81.9 cm³/mol. The molecule has 1 aliphatic carbocycles. The maximum atomic E-state index is 12.5. The predicted octanol–water partition coefficient (Wildman–Crippen LogP) is 2.53. The molecule has 0 fully saturated rings. The fraction of sp³-hybridized carbons (Fsp3) is 0. The summed E-state index contributed by atoms with van der Waals surface area (Å²) in [5.74, 6) is -0.931. The number of nitro groups is 4. The zero-order chi connectivity index (χ0) is 19.3. The third kappa shape index (κ3) is 2.22. The minimum Gasteiger partial charge on any atom is -0.289 e. The lowest BCUT2D eigenvalue weighted by molar-refractivity contribution is -0.422. The number of hydrogen-bond acceptors (Lipinski definition) is 9. The molecule has 0 saturated heterocycles. The third-order valence-corrected chi connectivity index (χ3v) is 3.78. The van der Waals surface area contributed by atoms with Gasteiger partial charge < -0.3 is 0 Å². The number of fused-ring (bicyclic) bond motifs is 3. The molecule has 0 unspecified atom stereocenters. The van der Waals surface area contributed by atoms with Crippen LogP contribution in [0.25, 0.3) is 11.1 Å². The number of nitro benzene ring substituents is 4. The molecule has 2 aromatic carbocycles. The number of carbonyl (C=O) groups excluding carboxylic acids is 1. The summed E-state index contributed by atoms with van der Waals surface area (Å²) in [4.78, 5) is 52.7. The van der Waals surface area contributed by atoms with Crippen LogP contribution in [-0.4, -0.2) is 25.5 Å². The van der Waals surface area contributed by atoms with Gasteiger partial charge in [0.15, 0.2) is 5.78 Å². The van der Waals surface area contributed by atoms with Gasteiger partial charge in [0.2, 0.25) is 0 Å². The van der Waals surface area contributed by atoms with Crippen molar-refractivity contribution in [2.75, 3.05) is 0 Å². The first kappa shape index (κ1) is 16.6. The van der Waals surface area contributed by atoms with E-state index < -0.39 is 53.8 Å². The van der Waals surface area contributed by atoms with Crippen molar-refractivity contribution in [3.05, 3.63) is 75.8 Å². The Morgan fingerprint density at radius 2 is 1.08 bits per heavy atom. The Labute approximate surface area is 141 Å². The second kappa shape index (κ2) is 5.37. The number of hydrogen-bond donors (Lipinski definition) is 0. The van der Waals surface area contributed by atoms with Gasteiger partial charge >= 0.3 is 11.4 Å². The molecule has 3 rings (SSSR count). The molecule has 0 aliphatic heterocycles. The van der Waals surface area contributed by atoms with Crippen molar-refractivity contribution >= 4 is 28.5 Å². The van der Waals surface area contributed by atoms with Gasteiger partial charge in [0.1, 0.15) is 0 Å². The molecule has 0 radical (unpaired) electrons. The number of rotatable bonds is 4. The third-order valence-electron chi connectivity index (χ3n) is 3.78. The lowest BCUT2D eigenvalue weighted by Crippen LogP contribution is -2.01. The lowest BCUT2D eigenvalue weighted by atomic mass is 10.0. The molecule has 0 aromatic heterocycles. The molecule has 130 valence electrons. The van der Waals surface area contributed by atoms with E-state index in [2.05, 4.69) is 0 Å². The van der Waals surface area contributed by atoms with E-state index in [4.69, 9.17) is 0 Å². The Bertz CT molecular complexity index is 1080. The minimum absolute atomic E-state index is 0.260. The first-order valence-corrected chi connectivity index (χ1v) is 6.62. The van der Waals surface area contributed by atoms with Gasteiger partial charge in [0.25, 0.3) is 11.4 Å². The normalized spacial score (nSPS) is 11.6.